The molecule has 1 aliphatic rings. The first-order valence-corrected chi connectivity index (χ1v) is 10.9. The molecular formula is C24H33N3O4. The zero-order valence-corrected chi connectivity index (χ0v) is 18.7. The van der Waals surface area contributed by atoms with Crippen molar-refractivity contribution >= 4 is 11.6 Å². The van der Waals surface area contributed by atoms with E-state index in [0.717, 1.165) is 49.9 Å². The van der Waals surface area contributed by atoms with E-state index in [1.807, 2.05) is 62.4 Å². The maximum Gasteiger partial charge on any atom is 0.241 e. The van der Waals surface area contributed by atoms with Gasteiger partial charge in [0.15, 0.2) is 0 Å². The maximum atomic E-state index is 12.8. The highest BCUT2D eigenvalue weighted by Crippen LogP contribution is 2.24. The van der Waals surface area contributed by atoms with Gasteiger partial charge in [0.25, 0.3) is 0 Å². The zero-order chi connectivity index (χ0) is 22.1. The van der Waals surface area contributed by atoms with Crippen LogP contribution in [0.1, 0.15) is 13.8 Å². The van der Waals surface area contributed by atoms with E-state index in [1.165, 1.54) is 0 Å². The van der Waals surface area contributed by atoms with Crippen LogP contribution in [0.3, 0.4) is 0 Å². The van der Waals surface area contributed by atoms with Gasteiger partial charge in [-0.15, -0.1) is 0 Å². The topological polar surface area (TPSA) is 63.3 Å². The van der Waals surface area contributed by atoms with Crippen molar-refractivity contribution in [2.75, 3.05) is 58.4 Å². The van der Waals surface area contributed by atoms with Crippen LogP contribution in [0.2, 0.25) is 0 Å². The summed E-state index contributed by atoms with van der Waals surface area (Å²) in [5, 5.41) is 3.02. The molecule has 1 atom stereocenters. The molecule has 2 aromatic rings. The number of benzene rings is 2. The van der Waals surface area contributed by atoms with Gasteiger partial charge >= 0.3 is 0 Å². The molecule has 1 heterocycles. The van der Waals surface area contributed by atoms with Crippen LogP contribution in [0, 0.1) is 0 Å². The van der Waals surface area contributed by atoms with Crippen LogP contribution in [-0.4, -0.2) is 74.8 Å². The van der Waals surface area contributed by atoms with Gasteiger partial charge in [-0.2, -0.15) is 0 Å². The second kappa shape index (κ2) is 11.6. The Hall–Kier alpha value is -2.77. The van der Waals surface area contributed by atoms with E-state index in [4.69, 9.17) is 14.2 Å². The minimum Gasteiger partial charge on any atom is -0.497 e. The third kappa shape index (κ3) is 6.60. The van der Waals surface area contributed by atoms with Crippen molar-refractivity contribution in [1.82, 2.24) is 9.80 Å². The third-order valence-electron chi connectivity index (χ3n) is 5.51. The fourth-order valence-corrected chi connectivity index (χ4v) is 3.59. The lowest BCUT2D eigenvalue weighted by atomic mass is 10.2. The number of hydrogen-bond acceptors (Lipinski definition) is 6. The van der Waals surface area contributed by atoms with Crippen molar-refractivity contribution in [3.63, 3.8) is 0 Å². The minimum absolute atomic E-state index is 0.0107. The fraction of sp³-hybridized carbons (Fsp3) is 0.458. The number of nitrogens with zero attached hydrogens (tertiary/aromatic N) is 2. The summed E-state index contributed by atoms with van der Waals surface area (Å²) in [6.07, 6.45) is 0. The Kier molecular flexibility index (Phi) is 8.55. The number of hydrogen-bond donors (Lipinski definition) is 1. The molecule has 0 aliphatic carbocycles. The first-order valence-electron chi connectivity index (χ1n) is 10.9. The van der Waals surface area contributed by atoms with Gasteiger partial charge in [-0.05, 0) is 50.2 Å². The predicted octanol–water partition coefficient (Wildman–Crippen LogP) is 3.12. The van der Waals surface area contributed by atoms with Gasteiger partial charge in [0, 0.05) is 32.7 Å². The number of carbonyl (C=O) groups excluding carboxylic acids is 1. The van der Waals surface area contributed by atoms with E-state index in [9.17, 15) is 4.79 Å². The lowest BCUT2D eigenvalue weighted by molar-refractivity contribution is -0.121. The Balaban J connectivity index is 1.40. The van der Waals surface area contributed by atoms with E-state index in [1.54, 1.807) is 7.11 Å². The molecular weight excluding hydrogens is 394 g/mol. The third-order valence-corrected chi connectivity index (χ3v) is 5.51. The predicted molar refractivity (Wildman–Crippen MR) is 122 cm³/mol. The minimum atomic E-state index is -0.201. The molecule has 1 amide bonds. The summed E-state index contributed by atoms with van der Waals surface area (Å²) in [5.41, 5.74) is 0.718. The molecule has 168 valence electrons. The van der Waals surface area contributed by atoms with Crippen molar-refractivity contribution < 1.29 is 19.0 Å². The first kappa shape index (κ1) is 22.9. The number of para-hydroxylation sites is 2. The van der Waals surface area contributed by atoms with Crippen LogP contribution in [0.25, 0.3) is 0 Å². The molecule has 1 saturated heterocycles. The maximum absolute atomic E-state index is 12.8. The van der Waals surface area contributed by atoms with Crippen LogP contribution >= 0.6 is 0 Å². The number of nitrogens with one attached hydrogen (secondary N) is 1. The Labute approximate surface area is 184 Å². The smallest absolute Gasteiger partial charge is 0.241 e. The number of piperazine rings is 1. The van der Waals surface area contributed by atoms with E-state index >= 15 is 0 Å². The van der Waals surface area contributed by atoms with E-state index < -0.39 is 0 Å². The normalized spacial score (nSPS) is 15.8. The van der Waals surface area contributed by atoms with Gasteiger partial charge in [-0.1, -0.05) is 12.1 Å². The van der Waals surface area contributed by atoms with Crippen molar-refractivity contribution in [2.45, 2.75) is 19.9 Å². The number of anilines is 1. The number of ether oxygens (including phenoxy) is 3. The van der Waals surface area contributed by atoms with Gasteiger partial charge in [-0.25, -0.2) is 0 Å². The fourth-order valence-electron chi connectivity index (χ4n) is 3.59. The molecule has 7 nitrogen and oxygen atoms in total. The molecule has 0 unspecified atom stereocenters. The molecule has 7 heteroatoms. The lowest BCUT2D eigenvalue weighted by Crippen LogP contribution is -2.53. The second-order valence-corrected chi connectivity index (χ2v) is 7.50. The quantitative estimate of drug-likeness (QED) is 0.629. The van der Waals surface area contributed by atoms with Crippen molar-refractivity contribution in [2.24, 2.45) is 0 Å². The SMILES string of the molecule is CCOc1ccccc1NC(=O)[C@@H](C)N1CCN(CCOc2ccc(OC)cc2)CC1. The Morgan fingerprint density at radius 1 is 1.00 bits per heavy atom. The molecule has 2 aromatic carbocycles. The number of carbonyl (C=O) groups is 1. The highest BCUT2D eigenvalue weighted by atomic mass is 16.5. The van der Waals surface area contributed by atoms with Crippen LogP contribution in [0.15, 0.2) is 48.5 Å². The van der Waals surface area contributed by atoms with E-state index in [2.05, 4.69) is 15.1 Å². The molecule has 0 aromatic heterocycles. The number of methoxy groups -OCH3 is 1. The van der Waals surface area contributed by atoms with Crippen molar-refractivity contribution in [3.05, 3.63) is 48.5 Å². The average molecular weight is 428 g/mol. The second-order valence-electron chi connectivity index (χ2n) is 7.50. The summed E-state index contributed by atoms with van der Waals surface area (Å²) in [7, 11) is 1.65. The van der Waals surface area contributed by atoms with Crippen molar-refractivity contribution in [3.8, 4) is 17.2 Å². The summed E-state index contributed by atoms with van der Waals surface area (Å²) >= 11 is 0. The largest absolute Gasteiger partial charge is 0.497 e. The highest BCUT2D eigenvalue weighted by molar-refractivity contribution is 5.95. The van der Waals surface area contributed by atoms with Gasteiger partial charge in [0.1, 0.15) is 23.9 Å². The molecule has 0 spiro atoms. The Morgan fingerprint density at radius 3 is 2.35 bits per heavy atom. The molecule has 1 aliphatic heterocycles. The van der Waals surface area contributed by atoms with Gasteiger partial charge < -0.3 is 19.5 Å². The summed E-state index contributed by atoms with van der Waals surface area (Å²) in [6, 6.07) is 15.0. The zero-order valence-electron chi connectivity index (χ0n) is 18.7. The van der Waals surface area contributed by atoms with Crippen LogP contribution in [-0.2, 0) is 4.79 Å². The monoisotopic (exact) mass is 427 g/mol. The van der Waals surface area contributed by atoms with E-state index in [-0.39, 0.29) is 11.9 Å². The first-order chi connectivity index (χ1) is 15.1. The highest BCUT2D eigenvalue weighted by Gasteiger charge is 2.26. The van der Waals surface area contributed by atoms with Gasteiger partial charge in [0.05, 0.1) is 25.4 Å². The van der Waals surface area contributed by atoms with Crippen LogP contribution in [0.4, 0.5) is 5.69 Å². The van der Waals surface area contributed by atoms with Crippen LogP contribution in [0.5, 0.6) is 17.2 Å². The standard InChI is InChI=1S/C24H33N3O4/c1-4-30-23-8-6-5-7-22(23)25-24(28)19(2)27-15-13-26(14-16-27)17-18-31-21-11-9-20(29-3)10-12-21/h5-12,19H,4,13-18H2,1-3H3,(H,25,28)/t19-/m1/s1. The summed E-state index contributed by atoms with van der Waals surface area (Å²) in [6.45, 7) is 9.49. The summed E-state index contributed by atoms with van der Waals surface area (Å²) in [5.74, 6) is 2.36. The van der Waals surface area contributed by atoms with Gasteiger partial charge in [-0.3, -0.25) is 14.6 Å². The molecule has 31 heavy (non-hydrogen) atoms. The Bertz CT molecular complexity index is 820. The number of rotatable bonds is 10. The average Bonchev–Trinajstić information content (AvgIpc) is 2.81. The van der Waals surface area contributed by atoms with Crippen LogP contribution < -0.4 is 19.5 Å². The summed E-state index contributed by atoms with van der Waals surface area (Å²) < 4.78 is 16.6. The molecule has 3 rings (SSSR count). The molecule has 0 saturated carbocycles. The van der Waals surface area contributed by atoms with Crippen molar-refractivity contribution in [1.29, 1.82) is 0 Å². The molecule has 1 N–H and O–H groups in total. The van der Waals surface area contributed by atoms with E-state index in [0.29, 0.717) is 19.0 Å². The number of amides is 1. The Morgan fingerprint density at radius 2 is 1.68 bits per heavy atom. The molecule has 1 fully saturated rings. The van der Waals surface area contributed by atoms with Gasteiger partial charge in [0.2, 0.25) is 5.91 Å². The summed E-state index contributed by atoms with van der Waals surface area (Å²) in [4.78, 5) is 17.4. The molecule has 0 radical (unpaired) electrons. The molecule has 0 bridgehead atoms. The lowest BCUT2D eigenvalue weighted by Gasteiger charge is -2.37.